The van der Waals surface area contributed by atoms with Gasteiger partial charge in [-0.1, -0.05) is 0 Å². The van der Waals surface area contributed by atoms with Crippen molar-refractivity contribution in [2.75, 3.05) is 7.05 Å². The van der Waals surface area contributed by atoms with E-state index >= 15 is 0 Å². The summed E-state index contributed by atoms with van der Waals surface area (Å²) in [6.07, 6.45) is 5.62. The molecule has 1 N–H and O–H groups in total. The number of nitrogens with zero attached hydrogens (tertiary/aromatic N) is 1. The van der Waals surface area contributed by atoms with Gasteiger partial charge >= 0.3 is 0 Å². The van der Waals surface area contributed by atoms with Crippen LogP contribution < -0.4 is 5.32 Å². The zero-order valence-electron chi connectivity index (χ0n) is 12.4. The lowest BCUT2D eigenvalue weighted by atomic mass is 10.1. The molecule has 106 valence electrons. The molecule has 0 spiro atoms. The van der Waals surface area contributed by atoms with E-state index in [0.717, 1.165) is 31.1 Å². The molecule has 3 rings (SSSR count). The fourth-order valence-electron chi connectivity index (χ4n) is 2.72. The number of aryl methyl sites for hydroxylation is 1. The van der Waals surface area contributed by atoms with Crippen LogP contribution in [0.5, 0.6) is 0 Å². The van der Waals surface area contributed by atoms with Crippen molar-refractivity contribution in [3.05, 3.63) is 21.4 Å². The number of rotatable bonds is 7. The minimum absolute atomic E-state index is 0.743. The van der Waals surface area contributed by atoms with Gasteiger partial charge in [-0.05, 0) is 64.1 Å². The summed E-state index contributed by atoms with van der Waals surface area (Å²) in [5.41, 5.74) is 1.53. The van der Waals surface area contributed by atoms with Crippen LogP contribution in [0.25, 0.3) is 0 Å². The molecule has 1 unspecified atom stereocenters. The zero-order valence-corrected chi connectivity index (χ0v) is 13.2. The Morgan fingerprint density at radius 2 is 2.11 bits per heavy atom. The van der Waals surface area contributed by atoms with Crippen molar-refractivity contribution in [3.8, 4) is 0 Å². The van der Waals surface area contributed by atoms with Crippen LogP contribution in [0.3, 0.4) is 0 Å². The third-order valence-electron chi connectivity index (χ3n) is 4.63. The van der Waals surface area contributed by atoms with Crippen LogP contribution >= 0.6 is 11.3 Å². The molecular weight excluding hydrogens is 252 g/mol. The van der Waals surface area contributed by atoms with E-state index in [4.69, 9.17) is 0 Å². The Morgan fingerprint density at radius 1 is 1.37 bits per heavy atom. The smallest absolute Gasteiger partial charge is 0.0302 e. The average Bonchev–Trinajstić information content (AvgIpc) is 3.26. The molecule has 0 aromatic carbocycles. The van der Waals surface area contributed by atoms with Crippen LogP contribution in [0.2, 0.25) is 0 Å². The van der Waals surface area contributed by atoms with Crippen LogP contribution in [0.1, 0.15) is 47.9 Å². The average molecular weight is 278 g/mol. The van der Waals surface area contributed by atoms with Crippen LogP contribution in [0.4, 0.5) is 0 Å². The summed E-state index contributed by atoms with van der Waals surface area (Å²) in [5, 5.41) is 3.61. The Kier molecular flexibility index (Phi) is 3.97. The molecule has 0 amide bonds. The van der Waals surface area contributed by atoms with Crippen molar-refractivity contribution < 1.29 is 0 Å². The second kappa shape index (κ2) is 5.55. The summed E-state index contributed by atoms with van der Waals surface area (Å²) in [6.45, 7) is 6.84. The van der Waals surface area contributed by atoms with E-state index < -0.39 is 0 Å². The maximum absolute atomic E-state index is 3.61. The summed E-state index contributed by atoms with van der Waals surface area (Å²) in [5.74, 6) is 0.958. The standard InChI is InChI=1S/C16H26N2S/c1-11(13-4-5-13)18(3)10-14-8-16(19-12(14)2)9-17-15-6-7-15/h8,11,13,15,17H,4-7,9-10H2,1-3H3. The predicted octanol–water partition coefficient (Wildman–Crippen LogP) is 3.54. The fraction of sp³-hybridized carbons (Fsp3) is 0.750. The van der Waals surface area contributed by atoms with Gasteiger partial charge in [0.05, 0.1) is 0 Å². The topological polar surface area (TPSA) is 15.3 Å². The molecule has 2 aliphatic carbocycles. The normalized spacial score (nSPS) is 21.1. The molecule has 3 heteroatoms. The number of nitrogens with one attached hydrogen (secondary N) is 1. The second-order valence-corrected chi connectivity index (χ2v) is 7.78. The van der Waals surface area contributed by atoms with Crippen LogP contribution in [0, 0.1) is 12.8 Å². The van der Waals surface area contributed by atoms with Gasteiger partial charge in [-0.15, -0.1) is 11.3 Å². The lowest BCUT2D eigenvalue weighted by Gasteiger charge is -2.24. The summed E-state index contributed by atoms with van der Waals surface area (Å²) in [4.78, 5) is 5.54. The Bertz CT molecular complexity index is 432. The monoisotopic (exact) mass is 278 g/mol. The van der Waals surface area contributed by atoms with Crippen LogP contribution in [0.15, 0.2) is 6.07 Å². The summed E-state index contributed by atoms with van der Waals surface area (Å²) in [6, 6.07) is 3.97. The molecule has 2 nitrogen and oxygen atoms in total. The van der Waals surface area contributed by atoms with E-state index in [1.54, 1.807) is 0 Å². The Balaban J connectivity index is 1.56. The Morgan fingerprint density at radius 3 is 2.74 bits per heavy atom. The highest BCUT2D eigenvalue weighted by atomic mass is 32.1. The minimum Gasteiger partial charge on any atom is -0.309 e. The number of hydrogen-bond donors (Lipinski definition) is 1. The van der Waals surface area contributed by atoms with Crippen molar-refractivity contribution in [2.24, 2.45) is 5.92 Å². The van der Waals surface area contributed by atoms with Gasteiger partial charge in [0.15, 0.2) is 0 Å². The van der Waals surface area contributed by atoms with E-state index in [0.29, 0.717) is 0 Å². The molecular formula is C16H26N2S. The molecule has 1 atom stereocenters. The number of hydrogen-bond acceptors (Lipinski definition) is 3. The molecule has 1 heterocycles. The van der Waals surface area contributed by atoms with Gasteiger partial charge in [0.2, 0.25) is 0 Å². The Hall–Kier alpha value is -0.380. The van der Waals surface area contributed by atoms with Crippen molar-refractivity contribution in [2.45, 2.75) is 64.7 Å². The highest BCUT2D eigenvalue weighted by Gasteiger charge is 2.30. The predicted molar refractivity (Wildman–Crippen MR) is 82.6 cm³/mol. The van der Waals surface area contributed by atoms with Gasteiger partial charge in [0.25, 0.3) is 0 Å². The molecule has 1 aromatic heterocycles. The molecule has 0 radical (unpaired) electrons. The van der Waals surface area contributed by atoms with E-state index in [2.05, 4.69) is 37.2 Å². The zero-order chi connectivity index (χ0) is 13.4. The van der Waals surface area contributed by atoms with Gasteiger partial charge in [-0.2, -0.15) is 0 Å². The molecule has 2 aliphatic rings. The largest absolute Gasteiger partial charge is 0.309 e. The quantitative estimate of drug-likeness (QED) is 0.820. The van der Waals surface area contributed by atoms with E-state index in [1.165, 1.54) is 41.0 Å². The third kappa shape index (κ3) is 3.59. The minimum atomic E-state index is 0.743. The van der Waals surface area contributed by atoms with Crippen LogP contribution in [-0.4, -0.2) is 24.0 Å². The first-order chi connectivity index (χ1) is 9.13. The van der Waals surface area contributed by atoms with Gasteiger partial charge in [-0.25, -0.2) is 0 Å². The molecule has 19 heavy (non-hydrogen) atoms. The first-order valence-electron chi connectivity index (χ1n) is 7.65. The van der Waals surface area contributed by atoms with Crippen molar-refractivity contribution >= 4 is 11.3 Å². The number of thiophene rings is 1. The molecule has 1 aromatic rings. The van der Waals surface area contributed by atoms with Gasteiger partial charge in [0.1, 0.15) is 0 Å². The van der Waals surface area contributed by atoms with Crippen molar-refractivity contribution in [1.29, 1.82) is 0 Å². The lowest BCUT2D eigenvalue weighted by Crippen LogP contribution is -2.30. The molecule has 2 saturated carbocycles. The van der Waals surface area contributed by atoms with Crippen LogP contribution in [-0.2, 0) is 13.1 Å². The second-order valence-electron chi connectivity index (χ2n) is 6.44. The maximum atomic E-state index is 3.61. The molecule has 0 aliphatic heterocycles. The summed E-state index contributed by atoms with van der Waals surface area (Å²) < 4.78 is 0. The van der Waals surface area contributed by atoms with E-state index in [9.17, 15) is 0 Å². The summed E-state index contributed by atoms with van der Waals surface area (Å²) >= 11 is 1.97. The van der Waals surface area contributed by atoms with Crippen molar-refractivity contribution in [1.82, 2.24) is 10.2 Å². The van der Waals surface area contributed by atoms with Gasteiger partial charge in [0, 0.05) is 34.9 Å². The Labute approximate surface area is 121 Å². The highest BCUT2D eigenvalue weighted by Crippen LogP contribution is 2.35. The van der Waals surface area contributed by atoms with E-state index in [-0.39, 0.29) is 0 Å². The first kappa shape index (κ1) is 13.6. The third-order valence-corrected chi connectivity index (χ3v) is 5.73. The molecule has 2 fully saturated rings. The molecule has 0 saturated heterocycles. The summed E-state index contributed by atoms with van der Waals surface area (Å²) in [7, 11) is 2.28. The first-order valence-corrected chi connectivity index (χ1v) is 8.47. The lowest BCUT2D eigenvalue weighted by molar-refractivity contribution is 0.226. The van der Waals surface area contributed by atoms with Gasteiger partial charge in [-0.3, -0.25) is 4.90 Å². The molecule has 0 bridgehead atoms. The van der Waals surface area contributed by atoms with E-state index in [1.807, 2.05) is 11.3 Å². The fourth-order valence-corrected chi connectivity index (χ4v) is 3.72. The van der Waals surface area contributed by atoms with Gasteiger partial charge < -0.3 is 5.32 Å². The maximum Gasteiger partial charge on any atom is 0.0302 e. The van der Waals surface area contributed by atoms with Crippen molar-refractivity contribution in [3.63, 3.8) is 0 Å². The highest BCUT2D eigenvalue weighted by molar-refractivity contribution is 7.12. The SMILES string of the molecule is Cc1sc(CNC2CC2)cc1CN(C)C(C)C1CC1.